The topological polar surface area (TPSA) is 32.0 Å². The molecule has 1 saturated heterocycles. The number of aryl methyl sites for hydroxylation is 1. The number of alkyl halides is 3. The molecular weight excluding hydrogens is 353 g/mol. The SMILES string of the molecule is Cc1cc(/[N+](C)=C/C2CCCN(C)C2)nnc1-c1ccc(C(F)(F)F)cc1. The van der Waals surface area contributed by atoms with Gasteiger partial charge in [0.1, 0.15) is 5.69 Å². The molecule has 1 aromatic heterocycles. The first-order chi connectivity index (χ1) is 12.7. The third-order valence-electron chi connectivity index (χ3n) is 4.91. The van der Waals surface area contributed by atoms with Crippen molar-refractivity contribution in [3.05, 3.63) is 41.5 Å². The Bertz CT molecular complexity index is 828. The number of nitrogens with zero attached hydrogens (tertiary/aromatic N) is 4. The third-order valence-corrected chi connectivity index (χ3v) is 4.91. The van der Waals surface area contributed by atoms with Crippen LogP contribution in [0.3, 0.4) is 0 Å². The van der Waals surface area contributed by atoms with Gasteiger partial charge in [0.2, 0.25) is 0 Å². The monoisotopic (exact) mass is 377 g/mol. The summed E-state index contributed by atoms with van der Waals surface area (Å²) >= 11 is 0. The van der Waals surface area contributed by atoms with Crippen molar-refractivity contribution in [1.29, 1.82) is 0 Å². The highest BCUT2D eigenvalue weighted by atomic mass is 19.4. The zero-order valence-electron chi connectivity index (χ0n) is 15.8. The van der Waals surface area contributed by atoms with Crippen LogP contribution in [0, 0.1) is 12.8 Å². The second-order valence-electron chi connectivity index (χ2n) is 7.23. The Balaban J connectivity index is 1.81. The molecule has 0 radical (unpaired) electrons. The van der Waals surface area contributed by atoms with Gasteiger partial charge in [-0.3, -0.25) is 0 Å². The van der Waals surface area contributed by atoms with E-state index in [0.717, 1.165) is 43.0 Å². The van der Waals surface area contributed by atoms with Crippen molar-refractivity contribution < 1.29 is 17.7 Å². The molecule has 0 aliphatic carbocycles. The normalized spacial score (nSPS) is 19.3. The van der Waals surface area contributed by atoms with E-state index in [2.05, 4.69) is 28.4 Å². The number of rotatable bonds is 3. The molecule has 2 aromatic rings. The molecule has 3 rings (SSSR count). The Labute approximate surface area is 157 Å². The maximum atomic E-state index is 12.7. The Hall–Kier alpha value is -2.28. The van der Waals surface area contributed by atoms with Crippen LogP contribution in [0.5, 0.6) is 0 Å². The van der Waals surface area contributed by atoms with Crippen molar-refractivity contribution in [2.24, 2.45) is 5.92 Å². The van der Waals surface area contributed by atoms with Crippen molar-refractivity contribution >= 4 is 12.0 Å². The predicted octanol–water partition coefficient (Wildman–Crippen LogP) is 4.16. The van der Waals surface area contributed by atoms with Crippen LogP contribution in [-0.4, -0.2) is 53.1 Å². The summed E-state index contributed by atoms with van der Waals surface area (Å²) < 4.78 is 40.1. The summed E-state index contributed by atoms with van der Waals surface area (Å²) in [6.45, 7) is 4.06. The van der Waals surface area contributed by atoms with Gasteiger partial charge in [0, 0.05) is 24.1 Å². The summed E-state index contributed by atoms with van der Waals surface area (Å²) in [7, 11) is 4.08. The van der Waals surface area contributed by atoms with E-state index >= 15 is 0 Å². The maximum absolute atomic E-state index is 12.7. The molecule has 0 spiro atoms. The first kappa shape index (κ1) is 19.5. The molecule has 0 saturated carbocycles. The molecule has 144 valence electrons. The molecule has 7 heteroatoms. The van der Waals surface area contributed by atoms with Gasteiger partial charge in [-0.15, -0.1) is 0 Å². The molecule has 2 heterocycles. The predicted molar refractivity (Wildman–Crippen MR) is 99.3 cm³/mol. The van der Waals surface area contributed by atoms with Crippen LogP contribution in [0.15, 0.2) is 30.3 Å². The highest BCUT2D eigenvalue weighted by Crippen LogP contribution is 2.31. The fraction of sp³-hybridized carbons (Fsp3) is 0.450. The summed E-state index contributed by atoms with van der Waals surface area (Å²) in [5.41, 5.74) is 1.43. The van der Waals surface area contributed by atoms with Crippen LogP contribution in [0.2, 0.25) is 0 Å². The molecule has 27 heavy (non-hydrogen) atoms. The van der Waals surface area contributed by atoms with E-state index in [9.17, 15) is 13.2 Å². The highest BCUT2D eigenvalue weighted by Gasteiger charge is 2.30. The first-order valence-electron chi connectivity index (χ1n) is 9.02. The second-order valence-corrected chi connectivity index (χ2v) is 7.23. The lowest BCUT2D eigenvalue weighted by atomic mass is 10.00. The van der Waals surface area contributed by atoms with Crippen LogP contribution >= 0.6 is 0 Å². The lowest BCUT2D eigenvalue weighted by Gasteiger charge is -2.26. The minimum absolute atomic E-state index is 0.477. The fourth-order valence-electron chi connectivity index (χ4n) is 3.47. The lowest BCUT2D eigenvalue weighted by Crippen LogP contribution is -2.33. The maximum Gasteiger partial charge on any atom is 0.416 e. The number of hydrogen-bond donors (Lipinski definition) is 0. The van der Waals surface area contributed by atoms with Gasteiger partial charge in [-0.05, 0) is 56.2 Å². The number of likely N-dealkylation sites (tertiary alicyclic amines) is 1. The van der Waals surface area contributed by atoms with E-state index in [1.165, 1.54) is 18.6 Å². The number of halogens is 3. The molecule has 1 unspecified atom stereocenters. The van der Waals surface area contributed by atoms with Crippen LogP contribution in [0.25, 0.3) is 11.3 Å². The third kappa shape index (κ3) is 4.71. The molecule has 0 amide bonds. The van der Waals surface area contributed by atoms with Gasteiger partial charge in [-0.25, -0.2) is 4.58 Å². The van der Waals surface area contributed by atoms with Gasteiger partial charge in [-0.1, -0.05) is 12.1 Å². The number of aromatic nitrogens is 2. The number of hydrogen-bond acceptors (Lipinski definition) is 3. The summed E-state index contributed by atoms with van der Waals surface area (Å²) in [5, 5.41) is 8.55. The Morgan fingerprint density at radius 2 is 1.89 bits per heavy atom. The highest BCUT2D eigenvalue weighted by molar-refractivity contribution is 5.64. The molecule has 1 aliphatic rings. The zero-order valence-corrected chi connectivity index (χ0v) is 15.8. The Morgan fingerprint density at radius 3 is 2.48 bits per heavy atom. The van der Waals surface area contributed by atoms with Gasteiger partial charge in [-0.2, -0.15) is 13.2 Å². The first-order valence-corrected chi connectivity index (χ1v) is 9.02. The van der Waals surface area contributed by atoms with Gasteiger partial charge in [0.05, 0.1) is 23.9 Å². The average Bonchev–Trinajstić information content (AvgIpc) is 2.61. The van der Waals surface area contributed by atoms with Crippen molar-refractivity contribution in [2.75, 3.05) is 27.2 Å². The van der Waals surface area contributed by atoms with Crippen molar-refractivity contribution in [3.63, 3.8) is 0 Å². The fourth-order valence-corrected chi connectivity index (χ4v) is 3.47. The molecule has 0 N–H and O–H groups in total. The smallest absolute Gasteiger partial charge is 0.306 e. The van der Waals surface area contributed by atoms with Crippen LogP contribution in [-0.2, 0) is 6.18 Å². The molecule has 1 aliphatic heterocycles. The summed E-state index contributed by atoms with van der Waals surface area (Å²) in [6.07, 6.45) is 0.180. The van der Waals surface area contributed by atoms with E-state index in [-0.39, 0.29) is 0 Å². The lowest BCUT2D eigenvalue weighted by molar-refractivity contribution is -0.407. The second kappa shape index (κ2) is 7.76. The quantitative estimate of drug-likeness (QED) is 0.595. The van der Waals surface area contributed by atoms with E-state index < -0.39 is 11.7 Å². The zero-order chi connectivity index (χ0) is 19.6. The minimum Gasteiger partial charge on any atom is -0.306 e. The van der Waals surface area contributed by atoms with Gasteiger partial charge in [0.25, 0.3) is 0 Å². The number of benzene rings is 1. The summed E-state index contributed by atoms with van der Waals surface area (Å²) in [4.78, 5) is 2.32. The summed E-state index contributed by atoms with van der Waals surface area (Å²) in [6, 6.07) is 6.94. The molecule has 1 aromatic carbocycles. The Kier molecular flexibility index (Phi) is 5.60. The van der Waals surface area contributed by atoms with Gasteiger partial charge in [0.15, 0.2) is 0 Å². The standard InChI is InChI=1S/C20H24F3N4/c1-14-11-18(27(3)13-15-5-4-10-26(2)12-15)24-25-19(14)16-6-8-17(9-7-16)20(21,22)23/h6-9,11,13,15H,4-5,10,12H2,1-3H3/q+1/b27-13+. The van der Waals surface area contributed by atoms with E-state index in [4.69, 9.17) is 0 Å². The van der Waals surface area contributed by atoms with Crippen molar-refractivity contribution in [1.82, 2.24) is 15.1 Å². The molecule has 1 fully saturated rings. The molecule has 0 bridgehead atoms. The van der Waals surface area contributed by atoms with Crippen LogP contribution < -0.4 is 0 Å². The molecule has 1 atom stereocenters. The van der Waals surface area contributed by atoms with E-state index in [1.807, 2.05) is 24.6 Å². The molecular formula is C20H24F3N4+. The van der Waals surface area contributed by atoms with Gasteiger partial charge < -0.3 is 4.90 Å². The summed E-state index contributed by atoms with van der Waals surface area (Å²) in [5.74, 6) is 1.21. The largest absolute Gasteiger partial charge is 0.416 e. The number of piperidine rings is 1. The van der Waals surface area contributed by atoms with Gasteiger partial charge >= 0.3 is 12.0 Å². The van der Waals surface area contributed by atoms with Crippen LogP contribution in [0.4, 0.5) is 19.0 Å². The van der Waals surface area contributed by atoms with Crippen molar-refractivity contribution in [2.45, 2.75) is 25.9 Å². The molecule has 4 nitrogen and oxygen atoms in total. The Morgan fingerprint density at radius 1 is 1.19 bits per heavy atom. The van der Waals surface area contributed by atoms with Crippen LogP contribution in [0.1, 0.15) is 24.0 Å². The van der Waals surface area contributed by atoms with E-state index in [1.54, 1.807) is 0 Å². The average molecular weight is 377 g/mol. The van der Waals surface area contributed by atoms with E-state index in [0.29, 0.717) is 17.2 Å². The minimum atomic E-state index is -4.34. The van der Waals surface area contributed by atoms with Crippen molar-refractivity contribution in [3.8, 4) is 11.3 Å².